The molecule has 0 saturated carbocycles. The van der Waals surface area contributed by atoms with Gasteiger partial charge in [-0.25, -0.2) is 0 Å². The molecule has 0 spiro atoms. The van der Waals surface area contributed by atoms with Crippen LogP contribution in [-0.4, -0.2) is 26.6 Å². The van der Waals surface area contributed by atoms with Crippen LogP contribution in [0.2, 0.25) is 0 Å². The van der Waals surface area contributed by atoms with E-state index in [1.54, 1.807) is 12.4 Å². The van der Waals surface area contributed by atoms with Gasteiger partial charge in [0.25, 0.3) is 0 Å². The number of carboxylic acid groups (broad SMARTS) is 1. The lowest BCUT2D eigenvalue weighted by molar-refractivity contribution is -0.142. The fraction of sp³-hybridized carbons (Fsp3) is 0.250. The molecule has 5 heteroatoms. The van der Waals surface area contributed by atoms with Gasteiger partial charge in [-0.2, -0.15) is 0 Å². The molecule has 0 bridgehead atoms. The van der Waals surface area contributed by atoms with Gasteiger partial charge in [0.2, 0.25) is 0 Å². The molecular weight excluding hydrogens is 218 g/mol. The van der Waals surface area contributed by atoms with Crippen molar-refractivity contribution in [2.24, 2.45) is 5.73 Å². The van der Waals surface area contributed by atoms with Gasteiger partial charge in [-0.15, -0.1) is 0 Å². The van der Waals surface area contributed by atoms with Gasteiger partial charge < -0.3 is 10.8 Å². The van der Waals surface area contributed by atoms with Crippen LogP contribution in [0.4, 0.5) is 0 Å². The highest BCUT2D eigenvalue weighted by Crippen LogP contribution is 2.15. The van der Waals surface area contributed by atoms with Crippen LogP contribution in [0.15, 0.2) is 30.6 Å². The molecule has 0 aliphatic heterocycles. The number of hydrogen-bond acceptors (Lipinski definition) is 4. The minimum atomic E-state index is -1.27. The molecule has 1 heterocycles. The first-order chi connectivity index (χ1) is 7.99. The van der Waals surface area contributed by atoms with E-state index >= 15 is 0 Å². The molecule has 0 aliphatic rings. The monoisotopic (exact) mass is 231 g/mol. The quantitative estimate of drug-likeness (QED) is 0.821. The number of aliphatic carboxylic acids is 1. The van der Waals surface area contributed by atoms with Gasteiger partial charge in [0.1, 0.15) is 5.54 Å². The van der Waals surface area contributed by atoms with Gasteiger partial charge in [0, 0.05) is 18.8 Å². The van der Waals surface area contributed by atoms with E-state index < -0.39 is 11.5 Å². The van der Waals surface area contributed by atoms with Gasteiger partial charge in [-0.1, -0.05) is 6.07 Å². The van der Waals surface area contributed by atoms with E-state index in [0.29, 0.717) is 0 Å². The Labute approximate surface area is 98.3 Å². The van der Waals surface area contributed by atoms with E-state index in [0.717, 1.165) is 16.6 Å². The lowest BCUT2D eigenvalue weighted by atomic mass is 9.94. The smallest absolute Gasteiger partial charge is 0.323 e. The van der Waals surface area contributed by atoms with Gasteiger partial charge >= 0.3 is 5.97 Å². The third kappa shape index (κ3) is 2.39. The standard InChI is InChI=1S/C12H13N3O2/c1-12(13,11(16)17)7-8-2-3-9-10(6-8)15-5-4-14-9/h2-6H,7,13H2,1H3,(H,16,17)/t12-/m0/s1. The average Bonchev–Trinajstić information content (AvgIpc) is 2.28. The van der Waals surface area contributed by atoms with Crippen molar-refractivity contribution in [3.8, 4) is 0 Å². The highest BCUT2D eigenvalue weighted by molar-refractivity contribution is 5.79. The molecule has 0 unspecified atom stereocenters. The summed E-state index contributed by atoms with van der Waals surface area (Å²) < 4.78 is 0. The van der Waals surface area contributed by atoms with Gasteiger partial charge in [-0.05, 0) is 24.6 Å². The number of benzene rings is 1. The fourth-order valence-corrected chi connectivity index (χ4v) is 1.62. The molecule has 2 aromatic rings. The molecular formula is C12H13N3O2. The van der Waals surface area contributed by atoms with Crippen molar-refractivity contribution in [2.75, 3.05) is 0 Å². The molecule has 0 amide bonds. The normalized spacial score (nSPS) is 14.5. The number of fused-ring (bicyclic) bond motifs is 1. The summed E-state index contributed by atoms with van der Waals surface area (Å²) >= 11 is 0. The zero-order valence-electron chi connectivity index (χ0n) is 9.42. The fourth-order valence-electron chi connectivity index (χ4n) is 1.62. The third-order valence-electron chi connectivity index (χ3n) is 2.59. The van der Waals surface area contributed by atoms with Crippen molar-refractivity contribution < 1.29 is 9.90 Å². The molecule has 88 valence electrons. The van der Waals surface area contributed by atoms with Gasteiger partial charge in [0.15, 0.2) is 0 Å². The Kier molecular flexibility index (Phi) is 2.77. The molecule has 0 radical (unpaired) electrons. The summed E-state index contributed by atoms with van der Waals surface area (Å²) in [5, 5.41) is 8.96. The number of nitrogens with two attached hydrogens (primary N) is 1. The van der Waals surface area contributed by atoms with Crippen molar-refractivity contribution in [3.63, 3.8) is 0 Å². The van der Waals surface area contributed by atoms with Gasteiger partial charge in [-0.3, -0.25) is 14.8 Å². The van der Waals surface area contributed by atoms with Crippen LogP contribution in [0.1, 0.15) is 12.5 Å². The molecule has 17 heavy (non-hydrogen) atoms. The lowest BCUT2D eigenvalue weighted by Crippen LogP contribution is -2.46. The Balaban J connectivity index is 2.34. The Morgan fingerprint density at radius 1 is 1.35 bits per heavy atom. The number of rotatable bonds is 3. The molecule has 1 atom stereocenters. The summed E-state index contributed by atoms with van der Waals surface area (Å²) in [6.07, 6.45) is 3.48. The minimum absolute atomic E-state index is 0.259. The molecule has 0 saturated heterocycles. The van der Waals surface area contributed by atoms with Crippen LogP contribution in [-0.2, 0) is 11.2 Å². The summed E-state index contributed by atoms with van der Waals surface area (Å²) in [6.45, 7) is 1.50. The summed E-state index contributed by atoms with van der Waals surface area (Å²) in [7, 11) is 0. The highest BCUT2D eigenvalue weighted by Gasteiger charge is 2.28. The number of aromatic nitrogens is 2. The molecule has 2 rings (SSSR count). The molecule has 0 aliphatic carbocycles. The topological polar surface area (TPSA) is 89.1 Å². The van der Waals surface area contributed by atoms with E-state index in [2.05, 4.69) is 9.97 Å². The second-order valence-corrected chi connectivity index (χ2v) is 4.28. The molecule has 5 nitrogen and oxygen atoms in total. The van der Waals surface area contributed by atoms with Crippen molar-refractivity contribution >= 4 is 17.0 Å². The van der Waals surface area contributed by atoms with Crippen LogP contribution in [0, 0.1) is 0 Å². The minimum Gasteiger partial charge on any atom is -0.480 e. The van der Waals surface area contributed by atoms with E-state index in [-0.39, 0.29) is 6.42 Å². The molecule has 0 fully saturated rings. The number of hydrogen-bond donors (Lipinski definition) is 2. The van der Waals surface area contributed by atoms with Crippen LogP contribution in [0.25, 0.3) is 11.0 Å². The molecule has 1 aromatic heterocycles. The summed E-state index contributed by atoms with van der Waals surface area (Å²) in [5.74, 6) is -1.02. The maximum atomic E-state index is 10.9. The Hall–Kier alpha value is -2.01. The van der Waals surface area contributed by atoms with E-state index in [1.807, 2.05) is 18.2 Å². The van der Waals surface area contributed by atoms with E-state index in [9.17, 15) is 4.79 Å². The summed E-state index contributed by atoms with van der Waals surface area (Å²) in [6, 6.07) is 5.46. The number of nitrogens with zero attached hydrogens (tertiary/aromatic N) is 2. The molecule has 3 N–H and O–H groups in total. The zero-order chi connectivity index (χ0) is 12.5. The van der Waals surface area contributed by atoms with Crippen molar-refractivity contribution in [2.45, 2.75) is 18.9 Å². The largest absolute Gasteiger partial charge is 0.480 e. The average molecular weight is 231 g/mol. The predicted octanol–water partition coefficient (Wildman–Crippen LogP) is 0.974. The number of carbonyl (C=O) groups is 1. The first-order valence-corrected chi connectivity index (χ1v) is 5.21. The maximum Gasteiger partial charge on any atom is 0.323 e. The lowest BCUT2D eigenvalue weighted by Gasteiger charge is -2.18. The Bertz CT molecular complexity index is 566. The van der Waals surface area contributed by atoms with E-state index in [1.165, 1.54) is 6.92 Å². The maximum absolute atomic E-state index is 10.9. The first-order valence-electron chi connectivity index (χ1n) is 5.21. The second kappa shape index (κ2) is 4.10. The van der Waals surface area contributed by atoms with Crippen molar-refractivity contribution in [1.29, 1.82) is 0 Å². The third-order valence-corrected chi connectivity index (χ3v) is 2.59. The highest BCUT2D eigenvalue weighted by atomic mass is 16.4. The van der Waals surface area contributed by atoms with E-state index in [4.69, 9.17) is 10.8 Å². The predicted molar refractivity (Wildman–Crippen MR) is 63.5 cm³/mol. The summed E-state index contributed by atoms with van der Waals surface area (Å²) in [5.41, 5.74) is 6.79. The Morgan fingerprint density at radius 3 is 2.65 bits per heavy atom. The van der Waals surface area contributed by atoms with Crippen LogP contribution in [0.3, 0.4) is 0 Å². The first kappa shape index (κ1) is 11.5. The number of carboxylic acids is 1. The van der Waals surface area contributed by atoms with Crippen LogP contribution in [0.5, 0.6) is 0 Å². The van der Waals surface area contributed by atoms with Crippen LogP contribution < -0.4 is 5.73 Å². The zero-order valence-corrected chi connectivity index (χ0v) is 9.42. The van der Waals surface area contributed by atoms with Gasteiger partial charge in [0.05, 0.1) is 11.0 Å². The van der Waals surface area contributed by atoms with Crippen molar-refractivity contribution in [1.82, 2.24) is 9.97 Å². The van der Waals surface area contributed by atoms with Crippen molar-refractivity contribution in [3.05, 3.63) is 36.2 Å². The Morgan fingerprint density at radius 2 is 2.00 bits per heavy atom. The summed E-state index contributed by atoms with van der Waals surface area (Å²) in [4.78, 5) is 19.2. The van der Waals surface area contributed by atoms with Crippen LogP contribution >= 0.6 is 0 Å². The SMILES string of the molecule is C[C@](N)(Cc1ccc2nccnc2c1)C(=O)O. The molecule has 1 aromatic carbocycles. The second-order valence-electron chi connectivity index (χ2n) is 4.28.